The summed E-state index contributed by atoms with van der Waals surface area (Å²) in [7, 11) is 0. The van der Waals surface area contributed by atoms with Crippen LogP contribution in [0, 0.1) is 11.8 Å². The average Bonchev–Trinajstić information content (AvgIpc) is 2.38. The van der Waals surface area contributed by atoms with Crippen LogP contribution in [0.25, 0.3) is 0 Å². The molecular formula is C17H34N2. The van der Waals surface area contributed by atoms with Crippen LogP contribution in [0.5, 0.6) is 0 Å². The fraction of sp³-hybridized carbons (Fsp3) is 1.00. The Kier molecular flexibility index (Phi) is 5.70. The van der Waals surface area contributed by atoms with Gasteiger partial charge in [-0.05, 0) is 57.4 Å². The summed E-state index contributed by atoms with van der Waals surface area (Å²) in [5, 5.41) is 0. The van der Waals surface area contributed by atoms with Crippen molar-refractivity contribution in [2.45, 2.75) is 71.9 Å². The maximum atomic E-state index is 2.82. The fourth-order valence-electron chi connectivity index (χ4n) is 3.81. The van der Waals surface area contributed by atoms with Crippen LogP contribution in [0.1, 0.15) is 59.8 Å². The van der Waals surface area contributed by atoms with Crippen molar-refractivity contribution in [1.29, 1.82) is 0 Å². The first-order chi connectivity index (χ1) is 9.06. The van der Waals surface area contributed by atoms with Gasteiger partial charge in [0.2, 0.25) is 0 Å². The Labute approximate surface area is 120 Å². The lowest BCUT2D eigenvalue weighted by Gasteiger charge is -2.46. The Bertz CT molecular complexity index is 256. The van der Waals surface area contributed by atoms with E-state index in [1.807, 2.05) is 0 Å². The maximum absolute atomic E-state index is 2.82. The molecule has 1 aliphatic heterocycles. The van der Waals surface area contributed by atoms with Crippen LogP contribution in [-0.4, -0.2) is 48.1 Å². The van der Waals surface area contributed by atoms with Crippen LogP contribution >= 0.6 is 0 Å². The third-order valence-electron chi connectivity index (χ3n) is 5.24. The highest BCUT2D eigenvalue weighted by atomic mass is 15.3. The van der Waals surface area contributed by atoms with Crippen molar-refractivity contribution < 1.29 is 0 Å². The van der Waals surface area contributed by atoms with E-state index in [4.69, 9.17) is 0 Å². The van der Waals surface area contributed by atoms with Gasteiger partial charge < -0.3 is 4.90 Å². The molecule has 2 rings (SSSR count). The Morgan fingerprint density at radius 3 is 2.26 bits per heavy atom. The molecule has 0 radical (unpaired) electrons. The zero-order valence-electron chi connectivity index (χ0n) is 13.6. The Hall–Kier alpha value is -0.0800. The van der Waals surface area contributed by atoms with Gasteiger partial charge in [-0.2, -0.15) is 0 Å². The molecule has 0 aromatic carbocycles. The summed E-state index contributed by atoms with van der Waals surface area (Å²) < 4.78 is 0. The molecule has 1 unspecified atom stereocenters. The van der Waals surface area contributed by atoms with Crippen molar-refractivity contribution in [2.75, 3.05) is 26.2 Å². The topological polar surface area (TPSA) is 6.48 Å². The van der Waals surface area contributed by atoms with E-state index in [0.29, 0.717) is 0 Å². The lowest BCUT2D eigenvalue weighted by Crippen LogP contribution is -2.56. The fourth-order valence-corrected chi connectivity index (χ4v) is 3.81. The zero-order chi connectivity index (χ0) is 13.8. The maximum Gasteiger partial charge on any atom is 0.0198 e. The first-order valence-corrected chi connectivity index (χ1v) is 8.54. The highest BCUT2D eigenvalue weighted by Gasteiger charge is 2.31. The van der Waals surface area contributed by atoms with Gasteiger partial charge in [0, 0.05) is 31.7 Å². The highest BCUT2D eigenvalue weighted by Crippen LogP contribution is 2.29. The van der Waals surface area contributed by atoms with E-state index in [2.05, 4.69) is 37.5 Å². The second-order valence-corrected chi connectivity index (χ2v) is 7.48. The quantitative estimate of drug-likeness (QED) is 0.767. The van der Waals surface area contributed by atoms with Crippen LogP contribution in [0.3, 0.4) is 0 Å². The largest absolute Gasteiger partial charge is 0.301 e. The minimum atomic E-state index is 0.763. The summed E-state index contributed by atoms with van der Waals surface area (Å²) in [5.41, 5.74) is 0. The van der Waals surface area contributed by atoms with Gasteiger partial charge in [-0.3, -0.25) is 4.90 Å². The zero-order valence-corrected chi connectivity index (χ0v) is 13.6. The molecule has 112 valence electrons. The first kappa shape index (κ1) is 15.3. The van der Waals surface area contributed by atoms with Crippen molar-refractivity contribution >= 4 is 0 Å². The molecule has 0 aromatic rings. The molecule has 2 aliphatic rings. The lowest BCUT2D eigenvalue weighted by molar-refractivity contribution is 0.0288. The molecule has 1 aliphatic carbocycles. The van der Waals surface area contributed by atoms with Gasteiger partial charge >= 0.3 is 0 Å². The van der Waals surface area contributed by atoms with E-state index >= 15 is 0 Å². The average molecular weight is 266 g/mol. The molecule has 0 amide bonds. The van der Waals surface area contributed by atoms with Crippen LogP contribution in [0.15, 0.2) is 0 Å². The molecular weight excluding hydrogens is 232 g/mol. The second-order valence-electron chi connectivity index (χ2n) is 7.48. The van der Waals surface area contributed by atoms with Gasteiger partial charge in [0.1, 0.15) is 0 Å². The minimum Gasteiger partial charge on any atom is -0.301 e. The third kappa shape index (κ3) is 4.46. The van der Waals surface area contributed by atoms with Crippen LogP contribution in [0.4, 0.5) is 0 Å². The van der Waals surface area contributed by atoms with Crippen molar-refractivity contribution in [3.63, 3.8) is 0 Å². The molecule has 19 heavy (non-hydrogen) atoms. The predicted octanol–water partition coefficient (Wildman–Crippen LogP) is 3.62. The Balaban J connectivity index is 1.77. The van der Waals surface area contributed by atoms with E-state index < -0.39 is 0 Å². The first-order valence-electron chi connectivity index (χ1n) is 8.54. The van der Waals surface area contributed by atoms with Gasteiger partial charge in [-0.15, -0.1) is 0 Å². The molecule has 0 spiro atoms. The van der Waals surface area contributed by atoms with E-state index in [1.165, 1.54) is 58.3 Å². The summed E-state index contributed by atoms with van der Waals surface area (Å²) in [5.74, 6) is 1.81. The smallest absolute Gasteiger partial charge is 0.0198 e. The van der Waals surface area contributed by atoms with E-state index in [0.717, 1.165) is 23.9 Å². The predicted molar refractivity (Wildman–Crippen MR) is 83.5 cm³/mol. The van der Waals surface area contributed by atoms with E-state index in [1.54, 1.807) is 0 Å². The van der Waals surface area contributed by atoms with Crippen LogP contribution < -0.4 is 0 Å². The molecule has 1 saturated heterocycles. The Morgan fingerprint density at radius 2 is 1.68 bits per heavy atom. The van der Waals surface area contributed by atoms with Gasteiger partial charge in [-0.25, -0.2) is 0 Å². The molecule has 2 heteroatoms. The standard InChI is InChI=1S/C17H34N2/c1-14(2)9-10-18-11-12-19(16(4)13-18)17-7-5-15(3)6-8-17/h14-17H,5-13H2,1-4H3. The van der Waals surface area contributed by atoms with Gasteiger partial charge in [0.05, 0.1) is 0 Å². The number of hydrogen-bond donors (Lipinski definition) is 0. The number of piperazine rings is 1. The van der Waals surface area contributed by atoms with Crippen molar-refractivity contribution in [2.24, 2.45) is 11.8 Å². The van der Waals surface area contributed by atoms with E-state index in [-0.39, 0.29) is 0 Å². The minimum absolute atomic E-state index is 0.763. The molecule has 2 fully saturated rings. The van der Waals surface area contributed by atoms with Crippen molar-refractivity contribution in [3.05, 3.63) is 0 Å². The summed E-state index contributed by atoms with van der Waals surface area (Å²) in [4.78, 5) is 5.50. The Morgan fingerprint density at radius 1 is 1.00 bits per heavy atom. The molecule has 1 heterocycles. The molecule has 0 N–H and O–H groups in total. The summed E-state index contributed by atoms with van der Waals surface area (Å²) >= 11 is 0. The number of nitrogens with zero attached hydrogens (tertiary/aromatic N) is 2. The van der Waals surface area contributed by atoms with Crippen LogP contribution in [0.2, 0.25) is 0 Å². The second kappa shape index (κ2) is 7.08. The number of rotatable bonds is 4. The van der Waals surface area contributed by atoms with E-state index in [9.17, 15) is 0 Å². The normalized spacial score (nSPS) is 34.9. The van der Waals surface area contributed by atoms with Gasteiger partial charge in [0.15, 0.2) is 0 Å². The monoisotopic (exact) mass is 266 g/mol. The van der Waals surface area contributed by atoms with Crippen molar-refractivity contribution in [1.82, 2.24) is 9.80 Å². The number of hydrogen-bond acceptors (Lipinski definition) is 2. The molecule has 1 saturated carbocycles. The van der Waals surface area contributed by atoms with Gasteiger partial charge in [0.25, 0.3) is 0 Å². The molecule has 2 nitrogen and oxygen atoms in total. The van der Waals surface area contributed by atoms with Gasteiger partial charge in [-0.1, -0.05) is 20.8 Å². The summed E-state index contributed by atoms with van der Waals surface area (Å²) in [6, 6.07) is 1.65. The summed E-state index contributed by atoms with van der Waals surface area (Å²) in [6.45, 7) is 14.7. The molecule has 0 aromatic heterocycles. The SMILES string of the molecule is CC(C)CCN1CCN(C2CCC(C)CC2)C(C)C1. The highest BCUT2D eigenvalue weighted by molar-refractivity contribution is 4.86. The lowest BCUT2D eigenvalue weighted by atomic mass is 9.86. The third-order valence-corrected chi connectivity index (χ3v) is 5.24. The van der Waals surface area contributed by atoms with Crippen LogP contribution in [-0.2, 0) is 0 Å². The summed E-state index contributed by atoms with van der Waals surface area (Å²) in [6.07, 6.45) is 7.14. The van der Waals surface area contributed by atoms with Crippen molar-refractivity contribution in [3.8, 4) is 0 Å². The molecule has 0 bridgehead atoms. The molecule has 1 atom stereocenters.